The van der Waals surface area contributed by atoms with Crippen LogP contribution in [0.5, 0.6) is 17.2 Å². The standard InChI is InChI=1S/C20H20N2O8/c1-27-14-4-2-13(3-5-14)6-7-21-19(23)12-30-20(24)15-10-17-18(29-9-8-28-17)11-16(15)22(25)26/h2-5,10-11H,6-9,12H2,1H3,(H,21,23). The fraction of sp³-hybridized carbons (Fsp3) is 0.300. The number of nitro groups is 1. The zero-order valence-corrected chi connectivity index (χ0v) is 16.2. The molecule has 3 rings (SSSR count). The van der Waals surface area contributed by atoms with Gasteiger partial charge in [0.1, 0.15) is 24.5 Å². The number of amides is 1. The summed E-state index contributed by atoms with van der Waals surface area (Å²) < 4.78 is 20.6. The molecule has 158 valence electrons. The van der Waals surface area contributed by atoms with Gasteiger partial charge in [-0.2, -0.15) is 0 Å². The van der Waals surface area contributed by atoms with Crippen molar-refractivity contribution in [1.29, 1.82) is 0 Å². The number of esters is 1. The van der Waals surface area contributed by atoms with E-state index in [0.29, 0.717) is 13.0 Å². The molecule has 0 bridgehead atoms. The van der Waals surface area contributed by atoms with Crippen molar-refractivity contribution < 1.29 is 33.5 Å². The van der Waals surface area contributed by atoms with Crippen molar-refractivity contribution in [3.63, 3.8) is 0 Å². The van der Waals surface area contributed by atoms with E-state index in [1.807, 2.05) is 24.3 Å². The average Bonchev–Trinajstić information content (AvgIpc) is 2.77. The van der Waals surface area contributed by atoms with Crippen LogP contribution in [0.2, 0.25) is 0 Å². The fourth-order valence-electron chi connectivity index (χ4n) is 2.79. The van der Waals surface area contributed by atoms with Gasteiger partial charge in [-0.25, -0.2) is 4.79 Å². The lowest BCUT2D eigenvalue weighted by Gasteiger charge is -2.18. The van der Waals surface area contributed by atoms with Gasteiger partial charge in [-0.3, -0.25) is 14.9 Å². The molecule has 0 spiro atoms. The smallest absolute Gasteiger partial charge is 0.345 e. The highest BCUT2D eigenvalue weighted by Gasteiger charge is 2.27. The minimum Gasteiger partial charge on any atom is -0.497 e. The number of fused-ring (bicyclic) bond motifs is 1. The van der Waals surface area contributed by atoms with Gasteiger partial charge in [0.05, 0.1) is 18.1 Å². The molecule has 0 atom stereocenters. The van der Waals surface area contributed by atoms with Crippen molar-refractivity contribution in [3.8, 4) is 17.2 Å². The van der Waals surface area contributed by atoms with Gasteiger partial charge in [0.15, 0.2) is 18.1 Å². The lowest BCUT2D eigenvalue weighted by Crippen LogP contribution is -2.30. The summed E-state index contributed by atoms with van der Waals surface area (Å²) in [6, 6.07) is 9.70. The molecule has 1 amide bonds. The second-order valence-corrected chi connectivity index (χ2v) is 6.29. The fourth-order valence-corrected chi connectivity index (χ4v) is 2.79. The van der Waals surface area contributed by atoms with Crippen molar-refractivity contribution in [3.05, 3.63) is 57.6 Å². The summed E-state index contributed by atoms with van der Waals surface area (Å²) in [5.41, 5.74) is 0.208. The third-order valence-corrected chi connectivity index (χ3v) is 4.31. The molecule has 0 saturated heterocycles. The van der Waals surface area contributed by atoms with E-state index < -0.39 is 29.1 Å². The van der Waals surface area contributed by atoms with Crippen LogP contribution in [0, 0.1) is 10.1 Å². The van der Waals surface area contributed by atoms with Crippen molar-refractivity contribution in [2.24, 2.45) is 0 Å². The summed E-state index contributed by atoms with van der Waals surface area (Å²) in [5, 5.41) is 13.9. The van der Waals surface area contributed by atoms with E-state index in [9.17, 15) is 19.7 Å². The Hall–Kier alpha value is -3.82. The third-order valence-electron chi connectivity index (χ3n) is 4.31. The summed E-state index contributed by atoms with van der Waals surface area (Å²) in [6.45, 7) is 0.292. The van der Waals surface area contributed by atoms with E-state index in [-0.39, 0.29) is 30.3 Å². The second kappa shape index (κ2) is 9.59. The summed E-state index contributed by atoms with van der Waals surface area (Å²) in [4.78, 5) is 34.8. The van der Waals surface area contributed by atoms with Crippen molar-refractivity contribution >= 4 is 17.6 Å². The summed E-state index contributed by atoms with van der Waals surface area (Å²) in [6.07, 6.45) is 0.581. The molecule has 0 saturated carbocycles. The second-order valence-electron chi connectivity index (χ2n) is 6.29. The van der Waals surface area contributed by atoms with E-state index in [1.54, 1.807) is 7.11 Å². The first-order valence-corrected chi connectivity index (χ1v) is 9.12. The van der Waals surface area contributed by atoms with E-state index in [0.717, 1.165) is 17.4 Å². The molecule has 0 fully saturated rings. The Bertz CT molecular complexity index is 943. The van der Waals surface area contributed by atoms with Crippen LogP contribution < -0.4 is 19.5 Å². The monoisotopic (exact) mass is 416 g/mol. The predicted octanol–water partition coefficient (Wildman–Crippen LogP) is 1.89. The van der Waals surface area contributed by atoms with Gasteiger partial charge >= 0.3 is 5.97 Å². The summed E-state index contributed by atoms with van der Waals surface area (Å²) in [5.74, 6) is -0.382. The Labute approximate surface area is 171 Å². The van der Waals surface area contributed by atoms with E-state index in [4.69, 9.17) is 18.9 Å². The number of carbonyl (C=O) groups is 2. The van der Waals surface area contributed by atoms with Crippen molar-refractivity contribution in [2.45, 2.75) is 6.42 Å². The highest BCUT2D eigenvalue weighted by molar-refractivity contribution is 5.96. The first-order chi connectivity index (χ1) is 14.5. The maximum atomic E-state index is 12.3. The lowest BCUT2D eigenvalue weighted by atomic mass is 10.1. The van der Waals surface area contributed by atoms with E-state index in [2.05, 4.69) is 5.32 Å². The van der Waals surface area contributed by atoms with Gasteiger partial charge in [-0.1, -0.05) is 12.1 Å². The van der Waals surface area contributed by atoms with Crippen LogP contribution in [0.25, 0.3) is 0 Å². The Kier molecular flexibility index (Phi) is 6.68. The zero-order chi connectivity index (χ0) is 21.5. The molecule has 1 aliphatic heterocycles. The van der Waals surface area contributed by atoms with Crippen LogP contribution in [0.4, 0.5) is 5.69 Å². The maximum Gasteiger partial charge on any atom is 0.345 e. The first-order valence-electron chi connectivity index (χ1n) is 9.12. The van der Waals surface area contributed by atoms with Gasteiger partial charge in [0, 0.05) is 12.6 Å². The van der Waals surface area contributed by atoms with Crippen LogP contribution in [0.3, 0.4) is 0 Å². The predicted molar refractivity (Wildman–Crippen MR) is 104 cm³/mol. The van der Waals surface area contributed by atoms with Crippen LogP contribution in [0.15, 0.2) is 36.4 Å². The Balaban J connectivity index is 1.53. The highest BCUT2D eigenvalue weighted by Crippen LogP contribution is 2.36. The van der Waals surface area contributed by atoms with Gasteiger partial charge in [-0.15, -0.1) is 0 Å². The summed E-state index contributed by atoms with van der Waals surface area (Å²) >= 11 is 0. The molecule has 2 aromatic rings. The molecule has 10 heteroatoms. The molecule has 0 radical (unpaired) electrons. The van der Waals surface area contributed by atoms with Crippen molar-refractivity contribution in [2.75, 3.05) is 33.5 Å². The minimum atomic E-state index is -0.996. The molecule has 0 aromatic heterocycles. The van der Waals surface area contributed by atoms with Gasteiger partial charge < -0.3 is 24.3 Å². The number of benzene rings is 2. The normalized spacial score (nSPS) is 12.0. The molecule has 0 unspecified atom stereocenters. The minimum absolute atomic E-state index is 0.181. The van der Waals surface area contributed by atoms with E-state index >= 15 is 0 Å². The SMILES string of the molecule is COc1ccc(CCNC(=O)COC(=O)c2cc3c(cc2[N+](=O)[O-])OCCO3)cc1. The number of ether oxygens (including phenoxy) is 4. The van der Waals surface area contributed by atoms with Gasteiger partial charge in [-0.05, 0) is 24.1 Å². The molecule has 2 aromatic carbocycles. The molecule has 10 nitrogen and oxygen atoms in total. The first kappa shape index (κ1) is 20.9. The molecule has 0 aliphatic carbocycles. The number of nitrogens with zero attached hydrogens (tertiary/aromatic N) is 1. The van der Waals surface area contributed by atoms with Crippen molar-refractivity contribution in [1.82, 2.24) is 5.32 Å². The Morgan fingerprint density at radius 2 is 1.80 bits per heavy atom. The number of carbonyl (C=O) groups excluding carboxylic acids is 2. The van der Waals surface area contributed by atoms with Crippen LogP contribution in [0.1, 0.15) is 15.9 Å². The molecule has 1 aliphatic rings. The van der Waals surface area contributed by atoms with Gasteiger partial charge in [0.2, 0.25) is 0 Å². The molecule has 30 heavy (non-hydrogen) atoms. The summed E-state index contributed by atoms with van der Waals surface area (Å²) in [7, 11) is 1.58. The molecular formula is C20H20N2O8. The Morgan fingerprint density at radius 3 is 2.43 bits per heavy atom. The third kappa shape index (κ3) is 5.16. The van der Waals surface area contributed by atoms with E-state index in [1.165, 1.54) is 6.07 Å². The lowest BCUT2D eigenvalue weighted by molar-refractivity contribution is -0.385. The highest BCUT2D eigenvalue weighted by atomic mass is 16.6. The van der Waals surface area contributed by atoms with Crippen LogP contribution in [-0.4, -0.2) is 50.3 Å². The quantitative estimate of drug-likeness (QED) is 0.393. The topological polar surface area (TPSA) is 126 Å². The Morgan fingerprint density at radius 1 is 1.13 bits per heavy atom. The number of nitrogens with one attached hydrogen (secondary N) is 1. The zero-order valence-electron chi connectivity index (χ0n) is 16.2. The maximum absolute atomic E-state index is 12.3. The largest absolute Gasteiger partial charge is 0.497 e. The number of nitro benzene ring substituents is 1. The molecule has 1 heterocycles. The van der Waals surface area contributed by atoms with Gasteiger partial charge in [0.25, 0.3) is 11.6 Å². The number of rotatable bonds is 8. The van der Waals surface area contributed by atoms with Crippen LogP contribution in [-0.2, 0) is 16.0 Å². The number of hydrogen-bond donors (Lipinski definition) is 1. The van der Waals surface area contributed by atoms with Crippen LogP contribution >= 0.6 is 0 Å². The average molecular weight is 416 g/mol. The molecule has 1 N–H and O–H groups in total. The number of methoxy groups -OCH3 is 1. The molecular weight excluding hydrogens is 396 g/mol. The number of hydrogen-bond acceptors (Lipinski definition) is 8.